The van der Waals surface area contributed by atoms with E-state index in [1.165, 1.54) is 25.1 Å². The molecule has 2 atom stereocenters. The van der Waals surface area contributed by atoms with Crippen LogP contribution >= 0.6 is 0 Å². The summed E-state index contributed by atoms with van der Waals surface area (Å²) in [4.78, 5) is 46.2. The molecule has 2 aromatic carbocycles. The molecule has 2 aliphatic heterocycles. The van der Waals surface area contributed by atoms with Gasteiger partial charge in [-0.15, -0.1) is 0 Å². The number of rotatable bonds is 4. The van der Waals surface area contributed by atoms with Crippen LogP contribution in [0.5, 0.6) is 0 Å². The number of carbonyl (C=O) groups excluding carboxylic acids is 2. The summed E-state index contributed by atoms with van der Waals surface area (Å²) in [5.74, 6) is 8.03. The first-order valence-electron chi connectivity index (χ1n) is 14.8. The van der Waals surface area contributed by atoms with E-state index in [0.717, 1.165) is 70.5 Å². The number of likely N-dealkylation sites (tertiary alicyclic amines) is 2. The monoisotopic (exact) mass is 584 g/mol. The molecule has 6 heterocycles. The minimum absolute atomic E-state index is 0.0436. The lowest BCUT2D eigenvalue weighted by Gasteiger charge is -2.22. The van der Waals surface area contributed by atoms with E-state index < -0.39 is 0 Å². The zero-order valence-corrected chi connectivity index (χ0v) is 23.7. The maximum atomic E-state index is 13.0. The average molecular weight is 585 g/mol. The van der Waals surface area contributed by atoms with Crippen molar-refractivity contribution in [1.82, 2.24) is 29.7 Å². The summed E-state index contributed by atoms with van der Waals surface area (Å²) in [5, 5.41) is 0. The Labute approximate surface area is 252 Å². The van der Waals surface area contributed by atoms with Crippen LogP contribution in [0.4, 0.5) is 0 Å². The van der Waals surface area contributed by atoms with Gasteiger partial charge in [0.2, 0.25) is 0 Å². The molecule has 4 aromatic heterocycles. The fraction of sp³-hybridized carbons (Fsp3) is 0.235. The molecule has 44 heavy (non-hydrogen) atoms. The molecule has 10 nitrogen and oxygen atoms in total. The molecule has 2 fully saturated rings. The van der Waals surface area contributed by atoms with Gasteiger partial charge in [0, 0.05) is 24.2 Å². The SMILES string of the molecule is O=C(c1ccoc1)N1CCCC1c1nc2ccc(C#Cc3ccc4nc(C5CCCN5C(=O)c5ccoc5)[nH]c4c3)cc2[nH]1. The summed E-state index contributed by atoms with van der Waals surface area (Å²) >= 11 is 0. The fourth-order valence-corrected chi connectivity index (χ4v) is 6.37. The Morgan fingerprint density at radius 3 is 1.61 bits per heavy atom. The van der Waals surface area contributed by atoms with Gasteiger partial charge in [-0.05, 0) is 74.2 Å². The van der Waals surface area contributed by atoms with Crippen LogP contribution in [0.1, 0.15) is 81.3 Å². The highest BCUT2D eigenvalue weighted by atomic mass is 16.3. The molecule has 0 spiro atoms. The third kappa shape index (κ3) is 4.63. The number of hydrogen-bond acceptors (Lipinski definition) is 6. The minimum Gasteiger partial charge on any atom is -0.472 e. The predicted octanol–water partition coefficient (Wildman–Crippen LogP) is 5.98. The van der Waals surface area contributed by atoms with Gasteiger partial charge in [-0.3, -0.25) is 9.59 Å². The first-order valence-corrected chi connectivity index (χ1v) is 14.8. The van der Waals surface area contributed by atoms with Crippen LogP contribution in [0.2, 0.25) is 0 Å². The number of aromatic nitrogens is 4. The number of furan rings is 2. The molecule has 0 bridgehead atoms. The summed E-state index contributed by atoms with van der Waals surface area (Å²) in [5.41, 5.74) is 6.26. The molecule has 0 radical (unpaired) electrons. The zero-order chi connectivity index (χ0) is 29.6. The second-order valence-electron chi connectivity index (χ2n) is 11.3. The lowest BCUT2D eigenvalue weighted by Crippen LogP contribution is -2.30. The fourth-order valence-electron chi connectivity index (χ4n) is 6.37. The summed E-state index contributed by atoms with van der Waals surface area (Å²) in [7, 11) is 0. The topological polar surface area (TPSA) is 124 Å². The second-order valence-corrected chi connectivity index (χ2v) is 11.3. The highest BCUT2D eigenvalue weighted by Crippen LogP contribution is 2.34. The van der Waals surface area contributed by atoms with Gasteiger partial charge >= 0.3 is 0 Å². The Morgan fingerprint density at radius 1 is 0.705 bits per heavy atom. The predicted molar refractivity (Wildman–Crippen MR) is 162 cm³/mol. The van der Waals surface area contributed by atoms with E-state index in [9.17, 15) is 9.59 Å². The van der Waals surface area contributed by atoms with Crippen LogP contribution in [-0.2, 0) is 0 Å². The molecule has 8 rings (SSSR count). The van der Waals surface area contributed by atoms with E-state index in [1.54, 1.807) is 12.1 Å². The van der Waals surface area contributed by atoms with Gasteiger partial charge in [-0.25, -0.2) is 9.97 Å². The van der Waals surface area contributed by atoms with Crippen molar-refractivity contribution in [3.05, 3.63) is 107 Å². The van der Waals surface area contributed by atoms with Crippen LogP contribution in [-0.4, -0.2) is 54.6 Å². The van der Waals surface area contributed by atoms with Crippen LogP contribution < -0.4 is 0 Å². The molecule has 0 aliphatic carbocycles. The lowest BCUT2D eigenvalue weighted by atomic mass is 10.1. The van der Waals surface area contributed by atoms with Crippen molar-refractivity contribution in [3.8, 4) is 11.8 Å². The number of fused-ring (bicyclic) bond motifs is 2. The number of nitrogens with one attached hydrogen (secondary N) is 2. The standard InChI is InChI=1S/C34H28N6O4/c41-33(23-11-15-43-19-23)39-13-1-3-29(39)31-35-25-9-7-21(17-27(25)37-31)5-6-22-8-10-26-28(18-22)38-32(36-26)30-4-2-14-40(30)34(42)24-12-16-44-20-24/h7-12,15-20,29-30H,1-4,13-14H2,(H,35,37)(H,36,38). The Hall–Kier alpha value is -5.56. The Bertz CT molecular complexity index is 1910. The smallest absolute Gasteiger partial charge is 0.257 e. The van der Waals surface area contributed by atoms with Gasteiger partial charge in [0.15, 0.2) is 0 Å². The van der Waals surface area contributed by atoms with Crippen LogP contribution in [0, 0.1) is 11.8 Å². The third-order valence-corrected chi connectivity index (χ3v) is 8.55. The average Bonchev–Trinajstić information content (AvgIpc) is 3.89. The molecule has 218 valence electrons. The molecule has 2 aliphatic rings. The van der Waals surface area contributed by atoms with Crippen LogP contribution in [0.15, 0.2) is 82.4 Å². The van der Waals surface area contributed by atoms with Crippen molar-refractivity contribution in [2.75, 3.05) is 13.1 Å². The highest BCUT2D eigenvalue weighted by molar-refractivity contribution is 5.95. The van der Waals surface area contributed by atoms with Crippen molar-refractivity contribution >= 4 is 33.9 Å². The van der Waals surface area contributed by atoms with Crippen molar-refractivity contribution in [3.63, 3.8) is 0 Å². The van der Waals surface area contributed by atoms with Crippen LogP contribution in [0.3, 0.4) is 0 Å². The van der Waals surface area contributed by atoms with Crippen molar-refractivity contribution in [2.24, 2.45) is 0 Å². The van der Waals surface area contributed by atoms with Crippen molar-refractivity contribution in [1.29, 1.82) is 0 Å². The van der Waals surface area contributed by atoms with Crippen LogP contribution in [0.25, 0.3) is 22.1 Å². The molecular formula is C34H28N6O4. The molecule has 0 saturated carbocycles. The maximum Gasteiger partial charge on any atom is 0.257 e. The number of carbonyl (C=O) groups is 2. The van der Waals surface area contributed by atoms with Gasteiger partial charge in [0.25, 0.3) is 11.8 Å². The molecule has 6 aromatic rings. The maximum absolute atomic E-state index is 13.0. The Balaban J connectivity index is 1.01. The van der Waals surface area contributed by atoms with E-state index in [2.05, 4.69) is 21.8 Å². The third-order valence-electron chi connectivity index (χ3n) is 8.55. The van der Waals surface area contributed by atoms with Gasteiger partial charge in [0.05, 0.1) is 57.8 Å². The number of H-pyrrole nitrogens is 2. The lowest BCUT2D eigenvalue weighted by molar-refractivity contribution is 0.0722. The number of aromatic amines is 2. The zero-order valence-electron chi connectivity index (χ0n) is 23.7. The van der Waals surface area contributed by atoms with Gasteiger partial charge in [-0.2, -0.15) is 0 Å². The van der Waals surface area contributed by atoms with Crippen molar-refractivity contribution in [2.45, 2.75) is 37.8 Å². The molecule has 2 amide bonds. The van der Waals surface area contributed by atoms with E-state index in [-0.39, 0.29) is 23.9 Å². The first-order chi connectivity index (χ1) is 21.6. The molecular weight excluding hydrogens is 556 g/mol. The molecule has 2 saturated heterocycles. The number of imidazole rings is 2. The van der Waals surface area contributed by atoms with Gasteiger partial charge in [-0.1, -0.05) is 11.8 Å². The molecule has 2 N–H and O–H groups in total. The summed E-state index contributed by atoms with van der Waals surface area (Å²) < 4.78 is 10.2. The van der Waals surface area contributed by atoms with E-state index in [0.29, 0.717) is 24.2 Å². The molecule has 2 unspecified atom stereocenters. The first kappa shape index (κ1) is 26.1. The largest absolute Gasteiger partial charge is 0.472 e. The normalized spacial score (nSPS) is 18.3. The minimum atomic E-state index is -0.106. The summed E-state index contributed by atoms with van der Waals surface area (Å²) in [6.07, 6.45) is 9.56. The number of hydrogen-bond donors (Lipinski definition) is 2. The second kappa shape index (κ2) is 10.6. The number of benzene rings is 2. The summed E-state index contributed by atoms with van der Waals surface area (Å²) in [6.45, 7) is 1.37. The van der Waals surface area contributed by atoms with E-state index in [1.807, 2.05) is 46.2 Å². The van der Waals surface area contributed by atoms with Gasteiger partial charge in [0.1, 0.15) is 24.2 Å². The number of amides is 2. The number of nitrogens with zero attached hydrogens (tertiary/aromatic N) is 4. The van der Waals surface area contributed by atoms with Gasteiger partial charge < -0.3 is 28.6 Å². The Kier molecular flexibility index (Phi) is 6.30. The summed E-state index contributed by atoms with van der Waals surface area (Å²) in [6, 6.07) is 15.0. The Morgan fingerprint density at radius 2 is 1.18 bits per heavy atom. The van der Waals surface area contributed by atoms with Crippen molar-refractivity contribution < 1.29 is 18.4 Å². The highest BCUT2D eigenvalue weighted by Gasteiger charge is 2.34. The van der Waals surface area contributed by atoms with E-state index >= 15 is 0 Å². The quantitative estimate of drug-likeness (QED) is 0.246. The molecule has 10 heteroatoms. The van der Waals surface area contributed by atoms with E-state index in [4.69, 9.17) is 18.8 Å².